The Bertz CT molecular complexity index is 996. The molecule has 11 heteroatoms. The lowest BCUT2D eigenvalue weighted by Crippen LogP contribution is -2.36. The number of aliphatic hydroxyl groups is 4. The van der Waals surface area contributed by atoms with Crippen LogP contribution < -0.4 is 16.0 Å². The normalized spacial score (nSPS) is 15.8. The molecule has 230 valence electrons. The van der Waals surface area contributed by atoms with E-state index in [-0.39, 0.29) is 37.9 Å². The lowest BCUT2D eigenvalue weighted by molar-refractivity contribution is 0.169. The number of nitrogens with one attached hydrogen (secondary N) is 3. The number of aryl methyl sites for hydroxylation is 2. The van der Waals surface area contributed by atoms with E-state index in [0.29, 0.717) is 26.2 Å². The molecule has 0 spiro atoms. The zero-order valence-corrected chi connectivity index (χ0v) is 24.4. The highest BCUT2D eigenvalue weighted by atomic mass is 16.3. The third-order valence-corrected chi connectivity index (χ3v) is 7.60. The van der Waals surface area contributed by atoms with E-state index in [1.54, 1.807) is 0 Å². The van der Waals surface area contributed by atoms with Gasteiger partial charge in [-0.15, -0.1) is 0 Å². The van der Waals surface area contributed by atoms with Crippen molar-refractivity contribution in [3.05, 3.63) is 57.6 Å². The first-order chi connectivity index (χ1) is 19.8. The fourth-order valence-electron chi connectivity index (χ4n) is 5.17. The smallest absolute Gasteiger partial charge is 0.124 e. The first-order valence-corrected chi connectivity index (χ1v) is 14.5. The summed E-state index contributed by atoms with van der Waals surface area (Å²) in [5, 5.41) is 69.2. The van der Waals surface area contributed by atoms with Gasteiger partial charge in [-0.2, -0.15) is 0 Å². The van der Waals surface area contributed by atoms with Gasteiger partial charge in [0, 0.05) is 87.7 Å². The van der Waals surface area contributed by atoms with Crippen molar-refractivity contribution in [1.29, 1.82) is 0 Å². The molecule has 1 saturated heterocycles. The number of nitrogens with zero attached hydrogens (tertiary/aromatic N) is 2. The molecular weight excluding hydrogens is 526 g/mol. The second kappa shape index (κ2) is 17.0. The molecule has 0 saturated carbocycles. The highest BCUT2D eigenvalue weighted by Gasteiger charge is 2.19. The van der Waals surface area contributed by atoms with Crippen molar-refractivity contribution < 1.29 is 30.6 Å². The average molecular weight is 576 g/mol. The second-order valence-electron chi connectivity index (χ2n) is 11.1. The molecule has 0 amide bonds. The molecule has 0 aliphatic carbocycles. The summed E-state index contributed by atoms with van der Waals surface area (Å²) >= 11 is 0. The molecule has 11 nitrogen and oxygen atoms in total. The Balaban J connectivity index is 1.68. The zero-order valence-electron chi connectivity index (χ0n) is 24.4. The molecule has 3 rings (SSSR count). The molecule has 1 heterocycles. The Morgan fingerprint density at radius 3 is 1.37 bits per heavy atom. The van der Waals surface area contributed by atoms with Gasteiger partial charge >= 0.3 is 0 Å². The predicted molar refractivity (Wildman–Crippen MR) is 159 cm³/mol. The summed E-state index contributed by atoms with van der Waals surface area (Å²) in [5.74, 6) is 0.468. The van der Waals surface area contributed by atoms with Crippen LogP contribution >= 0.6 is 0 Å². The van der Waals surface area contributed by atoms with Gasteiger partial charge in [0.1, 0.15) is 11.5 Å². The molecular formula is C30H49N5O6. The minimum Gasteiger partial charge on any atom is -0.507 e. The molecule has 41 heavy (non-hydrogen) atoms. The maximum atomic E-state index is 11.0. The van der Waals surface area contributed by atoms with Crippen LogP contribution in [0.5, 0.6) is 11.5 Å². The van der Waals surface area contributed by atoms with Crippen LogP contribution in [0, 0.1) is 13.8 Å². The molecule has 9 N–H and O–H groups in total. The van der Waals surface area contributed by atoms with Crippen molar-refractivity contribution in [2.24, 2.45) is 0 Å². The fourth-order valence-corrected chi connectivity index (χ4v) is 5.17. The van der Waals surface area contributed by atoms with Crippen molar-refractivity contribution in [3.63, 3.8) is 0 Å². The maximum absolute atomic E-state index is 11.0. The molecule has 0 atom stereocenters. The Kier molecular flexibility index (Phi) is 13.7. The number of aromatic hydroxyl groups is 2. The monoisotopic (exact) mass is 575 g/mol. The topological polar surface area (TPSA) is 164 Å². The molecule has 0 radical (unpaired) electrons. The minimum absolute atomic E-state index is 0.181. The van der Waals surface area contributed by atoms with Crippen molar-refractivity contribution in [1.82, 2.24) is 25.8 Å². The van der Waals surface area contributed by atoms with E-state index in [4.69, 9.17) is 0 Å². The molecule has 0 bridgehead atoms. The summed E-state index contributed by atoms with van der Waals surface area (Å²) in [6, 6.07) is 6.98. The molecule has 0 aromatic heterocycles. The number of phenolic OH excluding ortho intramolecular Hbond substituents is 2. The highest BCUT2D eigenvalue weighted by molar-refractivity contribution is 5.44. The number of hydrogen-bond acceptors (Lipinski definition) is 11. The summed E-state index contributed by atoms with van der Waals surface area (Å²) in [4.78, 5) is 4.63. The van der Waals surface area contributed by atoms with E-state index in [1.165, 1.54) is 0 Å². The fraction of sp³-hybridized carbons (Fsp3) is 0.600. The van der Waals surface area contributed by atoms with E-state index in [2.05, 4.69) is 25.8 Å². The van der Waals surface area contributed by atoms with Crippen LogP contribution in [0.15, 0.2) is 24.3 Å². The van der Waals surface area contributed by atoms with Crippen molar-refractivity contribution in [2.45, 2.75) is 52.1 Å². The third-order valence-electron chi connectivity index (χ3n) is 7.60. The van der Waals surface area contributed by atoms with E-state index >= 15 is 0 Å². The van der Waals surface area contributed by atoms with E-state index in [1.807, 2.05) is 38.1 Å². The summed E-state index contributed by atoms with van der Waals surface area (Å²) in [6.07, 6.45) is 0. The standard InChI is InChI=1S/C30H49N5O6/c1-21-9-23(13-32-27(17-36)18-37)29(40)25(11-21)15-34-5-3-31-4-6-35(8-7-34)16-26-12-22(2)10-24(30(26)41)14-33-28(19-38)20-39/h9-12,27-28,31-33,36-41H,3-8,13-20H2,1-2H3. The van der Waals surface area contributed by atoms with Crippen molar-refractivity contribution >= 4 is 0 Å². The van der Waals surface area contributed by atoms with Crippen molar-refractivity contribution in [2.75, 3.05) is 65.7 Å². The van der Waals surface area contributed by atoms with E-state index in [9.17, 15) is 30.6 Å². The number of rotatable bonds is 14. The molecule has 1 aliphatic rings. The van der Waals surface area contributed by atoms with Crippen LogP contribution in [0.25, 0.3) is 0 Å². The van der Waals surface area contributed by atoms with Gasteiger partial charge < -0.3 is 46.6 Å². The Morgan fingerprint density at radius 1 is 0.634 bits per heavy atom. The van der Waals surface area contributed by atoms with Crippen LogP contribution in [-0.4, -0.2) is 118 Å². The van der Waals surface area contributed by atoms with Crippen LogP contribution in [0.3, 0.4) is 0 Å². The molecule has 1 fully saturated rings. The van der Waals surface area contributed by atoms with Gasteiger partial charge in [0.2, 0.25) is 0 Å². The second-order valence-corrected chi connectivity index (χ2v) is 11.1. The quantitative estimate of drug-likeness (QED) is 0.143. The molecule has 2 aromatic carbocycles. The average Bonchev–Trinajstić information content (AvgIpc) is 3.06. The van der Waals surface area contributed by atoms with Gasteiger partial charge in [-0.25, -0.2) is 0 Å². The lowest BCUT2D eigenvalue weighted by atomic mass is 10.0. The van der Waals surface area contributed by atoms with Crippen LogP contribution in [-0.2, 0) is 26.2 Å². The Morgan fingerprint density at radius 2 is 1.00 bits per heavy atom. The van der Waals surface area contributed by atoms with E-state index in [0.717, 1.165) is 72.6 Å². The first-order valence-electron chi connectivity index (χ1n) is 14.5. The predicted octanol–water partition coefficient (Wildman–Crippen LogP) is -0.492. The summed E-state index contributed by atoms with van der Waals surface area (Å²) < 4.78 is 0. The largest absolute Gasteiger partial charge is 0.507 e. The number of benzene rings is 2. The van der Waals surface area contributed by atoms with Gasteiger partial charge in [-0.3, -0.25) is 9.80 Å². The highest BCUT2D eigenvalue weighted by Crippen LogP contribution is 2.28. The molecule has 1 aliphatic heterocycles. The van der Waals surface area contributed by atoms with Gasteiger partial charge in [0.25, 0.3) is 0 Å². The Labute approximate surface area is 243 Å². The number of aliphatic hydroxyl groups excluding tert-OH is 4. The Hall–Kier alpha value is -2.32. The van der Waals surface area contributed by atoms with Gasteiger partial charge in [-0.05, 0) is 13.8 Å². The van der Waals surface area contributed by atoms with E-state index < -0.39 is 12.1 Å². The SMILES string of the molecule is Cc1cc(CNC(CO)CO)c(O)c(CN2CCNCCN(Cc3cc(C)cc(CNC(CO)CO)c3O)CC2)c1. The summed E-state index contributed by atoms with van der Waals surface area (Å²) in [7, 11) is 0. The minimum atomic E-state index is -0.438. The first kappa shape index (κ1) is 33.2. The molecule has 2 aromatic rings. The number of phenols is 2. The van der Waals surface area contributed by atoms with Gasteiger partial charge in [-0.1, -0.05) is 35.4 Å². The summed E-state index contributed by atoms with van der Waals surface area (Å²) in [5.41, 5.74) is 5.23. The lowest BCUT2D eigenvalue weighted by Gasteiger charge is -2.27. The van der Waals surface area contributed by atoms with Crippen molar-refractivity contribution in [3.8, 4) is 11.5 Å². The van der Waals surface area contributed by atoms with Crippen LogP contribution in [0.1, 0.15) is 33.4 Å². The maximum Gasteiger partial charge on any atom is 0.124 e. The van der Waals surface area contributed by atoms with Gasteiger partial charge in [0.05, 0.1) is 38.5 Å². The summed E-state index contributed by atoms with van der Waals surface area (Å²) in [6.45, 7) is 10.0. The third kappa shape index (κ3) is 10.2. The number of hydrogen-bond donors (Lipinski definition) is 9. The van der Waals surface area contributed by atoms with Crippen LogP contribution in [0.4, 0.5) is 0 Å². The van der Waals surface area contributed by atoms with Crippen LogP contribution in [0.2, 0.25) is 0 Å². The van der Waals surface area contributed by atoms with Gasteiger partial charge in [0.15, 0.2) is 0 Å². The molecule has 0 unspecified atom stereocenters. The zero-order chi connectivity index (χ0) is 29.8.